The molecular weight excluding hydrogens is 224 g/mol. The van der Waals surface area contributed by atoms with Gasteiger partial charge in [-0.3, -0.25) is 10.1 Å². The normalized spacial score (nSPS) is 9.75. The summed E-state index contributed by atoms with van der Waals surface area (Å²) in [5.41, 5.74) is 0.737. The molecule has 0 aliphatic rings. The Balaban J connectivity index is 2.57. The summed E-state index contributed by atoms with van der Waals surface area (Å²) in [7, 11) is 0. The van der Waals surface area contributed by atoms with E-state index in [0.29, 0.717) is 11.0 Å². The largest absolute Gasteiger partial charge is 0.265 e. The SMILES string of the molecule is O=[N+]([O-])CCc1cccc(Br)n1. The van der Waals surface area contributed by atoms with Crippen LogP contribution < -0.4 is 0 Å². The number of hydrogen-bond donors (Lipinski definition) is 0. The highest BCUT2D eigenvalue weighted by Crippen LogP contribution is 2.06. The number of halogens is 1. The van der Waals surface area contributed by atoms with Gasteiger partial charge in [-0.15, -0.1) is 0 Å². The van der Waals surface area contributed by atoms with E-state index in [4.69, 9.17) is 0 Å². The highest BCUT2D eigenvalue weighted by Gasteiger charge is 2.00. The minimum atomic E-state index is -0.345. The third-order valence-electron chi connectivity index (χ3n) is 1.32. The molecule has 1 rings (SSSR count). The van der Waals surface area contributed by atoms with Gasteiger partial charge in [-0.05, 0) is 28.1 Å². The second-order valence-electron chi connectivity index (χ2n) is 2.26. The van der Waals surface area contributed by atoms with Gasteiger partial charge in [0.2, 0.25) is 6.54 Å². The first-order valence-electron chi connectivity index (χ1n) is 3.42. The van der Waals surface area contributed by atoms with Crippen molar-refractivity contribution in [2.45, 2.75) is 6.42 Å². The van der Waals surface area contributed by atoms with Crippen LogP contribution in [0.3, 0.4) is 0 Å². The third kappa shape index (κ3) is 2.96. The maximum atomic E-state index is 10.0. The summed E-state index contributed by atoms with van der Waals surface area (Å²) in [4.78, 5) is 13.7. The smallest absolute Gasteiger partial charge is 0.209 e. The first-order chi connectivity index (χ1) is 5.68. The lowest BCUT2D eigenvalue weighted by atomic mass is 10.3. The molecule has 0 N–H and O–H groups in total. The van der Waals surface area contributed by atoms with Gasteiger partial charge in [-0.1, -0.05) is 6.07 Å². The Kier molecular flexibility index (Phi) is 3.16. The molecule has 0 bridgehead atoms. The molecule has 0 aromatic carbocycles. The minimum Gasteiger partial charge on any atom is -0.265 e. The molecule has 0 unspecified atom stereocenters. The van der Waals surface area contributed by atoms with E-state index >= 15 is 0 Å². The molecule has 0 aliphatic carbocycles. The molecule has 0 amide bonds. The monoisotopic (exact) mass is 230 g/mol. The van der Waals surface area contributed by atoms with E-state index in [9.17, 15) is 10.1 Å². The van der Waals surface area contributed by atoms with Crippen molar-refractivity contribution < 1.29 is 4.92 Å². The average Bonchev–Trinajstić information content (AvgIpc) is 2.01. The highest BCUT2D eigenvalue weighted by molar-refractivity contribution is 9.10. The number of nitrogens with zero attached hydrogens (tertiary/aromatic N) is 2. The molecular formula is C7H7BrN2O2. The number of nitro groups is 1. The van der Waals surface area contributed by atoms with Crippen molar-refractivity contribution in [2.24, 2.45) is 0 Å². The molecule has 12 heavy (non-hydrogen) atoms. The molecule has 0 saturated carbocycles. The lowest BCUT2D eigenvalue weighted by molar-refractivity contribution is -0.479. The Hall–Kier alpha value is -0.970. The van der Waals surface area contributed by atoms with Crippen molar-refractivity contribution in [3.63, 3.8) is 0 Å². The van der Waals surface area contributed by atoms with Crippen LogP contribution in [-0.2, 0) is 6.42 Å². The third-order valence-corrected chi connectivity index (χ3v) is 1.76. The standard InChI is InChI=1S/C7H7BrN2O2/c8-7-3-1-2-6(9-7)4-5-10(11)12/h1-3H,4-5H2. The predicted octanol–water partition coefficient (Wildman–Crippen LogP) is 1.66. The maximum absolute atomic E-state index is 10.0. The van der Waals surface area contributed by atoms with Crippen molar-refractivity contribution >= 4 is 15.9 Å². The molecule has 0 saturated heterocycles. The maximum Gasteiger partial charge on any atom is 0.209 e. The molecule has 0 radical (unpaired) electrons. The van der Waals surface area contributed by atoms with Crippen molar-refractivity contribution in [1.29, 1.82) is 0 Å². The molecule has 5 heteroatoms. The molecule has 0 spiro atoms. The zero-order valence-corrected chi connectivity index (χ0v) is 7.82. The van der Waals surface area contributed by atoms with Crippen LogP contribution in [0.25, 0.3) is 0 Å². The van der Waals surface area contributed by atoms with Gasteiger partial charge in [-0.25, -0.2) is 4.98 Å². The van der Waals surface area contributed by atoms with Gasteiger partial charge in [-0.2, -0.15) is 0 Å². The second-order valence-corrected chi connectivity index (χ2v) is 3.07. The first kappa shape index (κ1) is 9.12. The number of pyridine rings is 1. The summed E-state index contributed by atoms with van der Waals surface area (Å²) in [6.45, 7) is -0.0660. The van der Waals surface area contributed by atoms with E-state index in [0.717, 1.165) is 5.69 Å². The molecule has 4 nitrogen and oxygen atoms in total. The topological polar surface area (TPSA) is 56.0 Å². The van der Waals surface area contributed by atoms with Crippen LogP contribution >= 0.6 is 15.9 Å². The Morgan fingerprint density at radius 1 is 1.58 bits per heavy atom. The van der Waals surface area contributed by atoms with Gasteiger partial charge in [0.05, 0.1) is 6.42 Å². The quantitative estimate of drug-likeness (QED) is 0.451. The fraction of sp³-hybridized carbons (Fsp3) is 0.286. The molecule has 64 valence electrons. The van der Waals surface area contributed by atoms with Crippen LogP contribution in [0.15, 0.2) is 22.8 Å². The van der Waals surface area contributed by atoms with Gasteiger partial charge in [0.1, 0.15) is 4.60 Å². The molecule has 1 heterocycles. The van der Waals surface area contributed by atoms with Crippen molar-refractivity contribution in [2.75, 3.05) is 6.54 Å². The van der Waals surface area contributed by atoms with E-state index in [1.165, 1.54) is 0 Å². The predicted molar refractivity (Wildman–Crippen MR) is 47.5 cm³/mol. The van der Waals surface area contributed by atoms with Crippen LogP contribution in [0, 0.1) is 10.1 Å². The van der Waals surface area contributed by atoms with E-state index in [1.807, 2.05) is 6.07 Å². The van der Waals surface area contributed by atoms with Gasteiger partial charge < -0.3 is 0 Å². The second kappa shape index (κ2) is 4.15. The average molecular weight is 231 g/mol. The zero-order valence-electron chi connectivity index (χ0n) is 6.24. The van der Waals surface area contributed by atoms with E-state index < -0.39 is 0 Å². The van der Waals surface area contributed by atoms with Crippen molar-refractivity contribution in [3.05, 3.63) is 38.6 Å². The minimum absolute atomic E-state index is 0.0660. The van der Waals surface area contributed by atoms with Crippen LogP contribution in [0.2, 0.25) is 0 Å². The van der Waals surface area contributed by atoms with E-state index in [2.05, 4.69) is 20.9 Å². The number of rotatable bonds is 3. The van der Waals surface area contributed by atoms with Gasteiger partial charge >= 0.3 is 0 Å². The molecule has 0 fully saturated rings. The van der Waals surface area contributed by atoms with Crippen LogP contribution in [0.1, 0.15) is 5.69 Å². The van der Waals surface area contributed by atoms with E-state index in [-0.39, 0.29) is 11.5 Å². The molecule has 0 atom stereocenters. The van der Waals surface area contributed by atoms with Crippen molar-refractivity contribution in [3.8, 4) is 0 Å². The Morgan fingerprint density at radius 2 is 2.33 bits per heavy atom. The molecule has 1 aromatic rings. The fourth-order valence-electron chi connectivity index (χ4n) is 0.795. The highest BCUT2D eigenvalue weighted by atomic mass is 79.9. The van der Waals surface area contributed by atoms with Crippen LogP contribution in [-0.4, -0.2) is 16.5 Å². The van der Waals surface area contributed by atoms with E-state index in [1.54, 1.807) is 12.1 Å². The Morgan fingerprint density at radius 3 is 2.92 bits per heavy atom. The lowest BCUT2D eigenvalue weighted by Crippen LogP contribution is -2.05. The summed E-state index contributed by atoms with van der Waals surface area (Å²) in [5.74, 6) is 0. The van der Waals surface area contributed by atoms with Gasteiger partial charge in [0.25, 0.3) is 0 Å². The van der Waals surface area contributed by atoms with Crippen molar-refractivity contribution in [1.82, 2.24) is 4.98 Å². The summed E-state index contributed by atoms with van der Waals surface area (Å²) in [5, 5.41) is 10.0. The Bertz CT molecular complexity index is 290. The lowest BCUT2D eigenvalue weighted by Gasteiger charge is -1.95. The summed E-state index contributed by atoms with van der Waals surface area (Å²) >= 11 is 3.19. The van der Waals surface area contributed by atoms with Gasteiger partial charge in [0.15, 0.2) is 0 Å². The number of aromatic nitrogens is 1. The van der Waals surface area contributed by atoms with Gasteiger partial charge in [0, 0.05) is 10.6 Å². The summed E-state index contributed by atoms with van der Waals surface area (Å²) in [6, 6.07) is 5.37. The number of hydrogen-bond acceptors (Lipinski definition) is 3. The molecule has 1 aromatic heterocycles. The first-order valence-corrected chi connectivity index (χ1v) is 4.21. The summed E-state index contributed by atoms with van der Waals surface area (Å²) in [6.07, 6.45) is 0.381. The zero-order chi connectivity index (χ0) is 8.97. The molecule has 0 aliphatic heterocycles. The Labute approximate surface area is 77.9 Å². The van der Waals surface area contributed by atoms with Crippen LogP contribution in [0.4, 0.5) is 0 Å². The fourth-order valence-corrected chi connectivity index (χ4v) is 1.18. The summed E-state index contributed by atoms with van der Waals surface area (Å²) < 4.78 is 0.711. The van der Waals surface area contributed by atoms with Crippen LogP contribution in [0.5, 0.6) is 0 Å².